The van der Waals surface area contributed by atoms with Crippen molar-refractivity contribution >= 4 is 29.7 Å². The van der Waals surface area contributed by atoms with Crippen molar-refractivity contribution in [3.05, 3.63) is 55.6 Å². The molecule has 1 atom stereocenters. The van der Waals surface area contributed by atoms with Gasteiger partial charge in [-0.3, -0.25) is 9.59 Å². The van der Waals surface area contributed by atoms with Crippen LogP contribution in [0.1, 0.15) is 52.0 Å². The summed E-state index contributed by atoms with van der Waals surface area (Å²) in [4.78, 5) is 29.8. The number of amides is 1. The van der Waals surface area contributed by atoms with Gasteiger partial charge in [0.2, 0.25) is 0 Å². The standard InChI is InChI=1S/C22H29N3O2S.ClH/c1-15-8-11-28-19(15)14-25(18-5-6-18)22(27)20-16(2)7-10-24(21(20)26)13-17-4-3-9-23-12-17;/h7-8,10-11,17-18,23H,3-6,9,12-14H2,1-2H3;1H. The molecule has 2 fully saturated rings. The van der Waals surface area contributed by atoms with E-state index >= 15 is 0 Å². The van der Waals surface area contributed by atoms with E-state index in [1.165, 1.54) is 10.4 Å². The number of piperidine rings is 1. The molecule has 1 saturated carbocycles. The zero-order chi connectivity index (χ0) is 19.7. The van der Waals surface area contributed by atoms with Gasteiger partial charge < -0.3 is 14.8 Å². The van der Waals surface area contributed by atoms with E-state index in [2.05, 4.69) is 23.7 Å². The van der Waals surface area contributed by atoms with Crippen LogP contribution < -0.4 is 10.9 Å². The molecule has 1 aliphatic heterocycles. The Morgan fingerprint density at radius 1 is 1.24 bits per heavy atom. The number of carbonyl (C=O) groups is 1. The van der Waals surface area contributed by atoms with Gasteiger partial charge in [0, 0.05) is 23.7 Å². The van der Waals surface area contributed by atoms with Crippen molar-refractivity contribution in [1.82, 2.24) is 14.8 Å². The first kappa shape index (κ1) is 22.1. The fourth-order valence-corrected chi connectivity index (χ4v) is 4.95. The van der Waals surface area contributed by atoms with Gasteiger partial charge in [-0.2, -0.15) is 0 Å². The molecule has 0 aromatic carbocycles. The number of rotatable bonds is 6. The predicted molar refractivity (Wildman–Crippen MR) is 120 cm³/mol. The molecule has 0 radical (unpaired) electrons. The largest absolute Gasteiger partial charge is 0.330 e. The maximum absolute atomic E-state index is 13.5. The Morgan fingerprint density at radius 3 is 2.66 bits per heavy atom. The van der Waals surface area contributed by atoms with Crippen LogP contribution in [0, 0.1) is 19.8 Å². The van der Waals surface area contributed by atoms with E-state index in [9.17, 15) is 9.59 Å². The molecule has 29 heavy (non-hydrogen) atoms. The number of aryl methyl sites for hydroxylation is 2. The summed E-state index contributed by atoms with van der Waals surface area (Å²) < 4.78 is 1.75. The summed E-state index contributed by atoms with van der Waals surface area (Å²) in [6, 6.07) is 4.28. The summed E-state index contributed by atoms with van der Waals surface area (Å²) in [5, 5.41) is 5.47. The van der Waals surface area contributed by atoms with E-state index in [0.717, 1.165) is 44.3 Å². The molecule has 7 heteroatoms. The van der Waals surface area contributed by atoms with Crippen LogP contribution in [0.3, 0.4) is 0 Å². The average molecular weight is 436 g/mol. The Labute approximate surface area is 182 Å². The molecule has 158 valence electrons. The molecule has 2 aromatic heterocycles. The topological polar surface area (TPSA) is 54.3 Å². The van der Waals surface area contributed by atoms with Crippen LogP contribution in [0.25, 0.3) is 0 Å². The molecule has 5 nitrogen and oxygen atoms in total. The first-order chi connectivity index (χ1) is 13.5. The highest BCUT2D eigenvalue weighted by molar-refractivity contribution is 7.10. The second-order valence-corrected chi connectivity index (χ2v) is 9.24. The fraction of sp³-hybridized carbons (Fsp3) is 0.545. The summed E-state index contributed by atoms with van der Waals surface area (Å²) >= 11 is 1.69. The van der Waals surface area contributed by atoms with Crippen molar-refractivity contribution in [3.63, 3.8) is 0 Å². The molecule has 4 rings (SSSR count). The van der Waals surface area contributed by atoms with Crippen LogP contribution in [0.4, 0.5) is 0 Å². The minimum Gasteiger partial charge on any atom is -0.330 e. The lowest BCUT2D eigenvalue weighted by molar-refractivity contribution is 0.0728. The predicted octanol–water partition coefficient (Wildman–Crippen LogP) is 3.75. The zero-order valence-corrected chi connectivity index (χ0v) is 18.8. The first-order valence-corrected chi connectivity index (χ1v) is 11.2. The molecule has 3 heterocycles. The van der Waals surface area contributed by atoms with Crippen molar-refractivity contribution < 1.29 is 4.79 Å². The Bertz CT molecular complexity index is 913. The highest BCUT2D eigenvalue weighted by Gasteiger charge is 2.35. The van der Waals surface area contributed by atoms with Gasteiger partial charge in [0.15, 0.2) is 0 Å². The van der Waals surface area contributed by atoms with Crippen LogP contribution in [-0.4, -0.2) is 34.5 Å². The van der Waals surface area contributed by atoms with E-state index in [0.29, 0.717) is 24.6 Å². The summed E-state index contributed by atoms with van der Waals surface area (Å²) in [6.45, 7) is 7.24. The molecule has 1 aliphatic carbocycles. The van der Waals surface area contributed by atoms with Gasteiger partial charge in [-0.05, 0) is 87.2 Å². The average Bonchev–Trinajstić information content (AvgIpc) is 3.45. The van der Waals surface area contributed by atoms with E-state index in [1.807, 2.05) is 24.1 Å². The van der Waals surface area contributed by atoms with E-state index in [-0.39, 0.29) is 29.9 Å². The molecule has 1 N–H and O–H groups in total. The van der Waals surface area contributed by atoms with Crippen molar-refractivity contribution in [3.8, 4) is 0 Å². The number of hydrogen-bond donors (Lipinski definition) is 1. The maximum Gasteiger partial charge on any atom is 0.263 e. The van der Waals surface area contributed by atoms with Crippen molar-refractivity contribution in [1.29, 1.82) is 0 Å². The number of aromatic nitrogens is 1. The number of pyridine rings is 1. The van der Waals surface area contributed by atoms with Gasteiger partial charge in [0.1, 0.15) is 5.56 Å². The van der Waals surface area contributed by atoms with Crippen molar-refractivity contribution in [2.75, 3.05) is 13.1 Å². The van der Waals surface area contributed by atoms with Gasteiger partial charge in [-0.15, -0.1) is 23.7 Å². The van der Waals surface area contributed by atoms with Gasteiger partial charge in [0.25, 0.3) is 11.5 Å². The number of halogens is 1. The van der Waals surface area contributed by atoms with Crippen molar-refractivity contribution in [2.45, 2.75) is 58.7 Å². The lowest BCUT2D eigenvalue weighted by Crippen LogP contribution is -2.40. The Kier molecular flexibility index (Phi) is 7.19. The van der Waals surface area contributed by atoms with Crippen molar-refractivity contribution in [2.24, 2.45) is 5.92 Å². The molecule has 1 unspecified atom stereocenters. The summed E-state index contributed by atoms with van der Waals surface area (Å²) in [6.07, 6.45) is 6.19. The molecule has 0 bridgehead atoms. The normalized spacial score (nSPS) is 18.9. The quantitative estimate of drug-likeness (QED) is 0.751. The number of nitrogens with one attached hydrogen (secondary N) is 1. The lowest BCUT2D eigenvalue weighted by Gasteiger charge is -2.25. The Balaban J connectivity index is 0.00000240. The second-order valence-electron chi connectivity index (χ2n) is 8.23. The number of hydrogen-bond acceptors (Lipinski definition) is 4. The van der Waals surface area contributed by atoms with E-state index in [1.54, 1.807) is 15.9 Å². The SMILES string of the molecule is Cc1ccsc1CN(C(=O)c1c(C)ccn(CC2CCCNC2)c1=O)C1CC1.Cl. The van der Waals surface area contributed by atoms with Crippen LogP contribution >= 0.6 is 23.7 Å². The molecule has 1 saturated heterocycles. The van der Waals surface area contributed by atoms with Crippen LogP contribution in [0.2, 0.25) is 0 Å². The molecule has 2 aromatic rings. The van der Waals surface area contributed by atoms with Gasteiger partial charge in [-0.1, -0.05) is 0 Å². The first-order valence-electron chi connectivity index (χ1n) is 10.3. The third-order valence-corrected chi connectivity index (χ3v) is 6.98. The molecule has 1 amide bonds. The van der Waals surface area contributed by atoms with Crippen LogP contribution in [0.5, 0.6) is 0 Å². The minimum atomic E-state index is -0.135. The zero-order valence-electron chi connectivity index (χ0n) is 17.1. The number of thiophene rings is 1. The Hall–Kier alpha value is -1.63. The molecule has 2 aliphatic rings. The van der Waals surface area contributed by atoms with E-state index in [4.69, 9.17) is 0 Å². The summed E-state index contributed by atoms with van der Waals surface area (Å²) in [7, 11) is 0. The fourth-order valence-electron chi connectivity index (χ4n) is 4.04. The number of nitrogens with zero attached hydrogens (tertiary/aromatic N) is 2. The highest BCUT2D eigenvalue weighted by atomic mass is 35.5. The Morgan fingerprint density at radius 2 is 2.03 bits per heavy atom. The maximum atomic E-state index is 13.5. The molecular formula is C22H30ClN3O2S. The number of carbonyl (C=O) groups excluding carboxylic acids is 1. The third kappa shape index (κ3) is 4.93. The van der Waals surface area contributed by atoms with Crippen LogP contribution in [0.15, 0.2) is 28.5 Å². The van der Waals surface area contributed by atoms with Crippen LogP contribution in [-0.2, 0) is 13.1 Å². The summed E-state index contributed by atoms with van der Waals surface area (Å²) in [5.74, 6) is 0.347. The monoisotopic (exact) mass is 435 g/mol. The molecular weight excluding hydrogens is 406 g/mol. The second kappa shape index (κ2) is 9.45. The van der Waals surface area contributed by atoms with Gasteiger partial charge in [-0.25, -0.2) is 0 Å². The molecule has 0 spiro atoms. The summed E-state index contributed by atoms with van der Waals surface area (Å²) in [5.41, 5.74) is 2.22. The lowest BCUT2D eigenvalue weighted by atomic mass is 9.99. The third-order valence-electron chi connectivity index (χ3n) is 5.97. The van der Waals surface area contributed by atoms with Gasteiger partial charge in [0.05, 0.1) is 6.54 Å². The minimum absolute atomic E-state index is 0. The van der Waals surface area contributed by atoms with E-state index < -0.39 is 0 Å². The van der Waals surface area contributed by atoms with Gasteiger partial charge >= 0.3 is 0 Å². The highest BCUT2D eigenvalue weighted by Crippen LogP contribution is 2.31. The smallest absolute Gasteiger partial charge is 0.263 e.